The van der Waals surface area contributed by atoms with E-state index < -0.39 is 6.36 Å². The van der Waals surface area contributed by atoms with E-state index in [-0.39, 0.29) is 11.5 Å². The van der Waals surface area contributed by atoms with Gasteiger partial charge in [0.15, 0.2) is 0 Å². The van der Waals surface area contributed by atoms with E-state index in [4.69, 9.17) is 4.74 Å². The van der Waals surface area contributed by atoms with Gasteiger partial charge in [-0.3, -0.25) is 0 Å². The summed E-state index contributed by atoms with van der Waals surface area (Å²) in [4.78, 5) is 6.19. The van der Waals surface area contributed by atoms with Crippen molar-refractivity contribution < 1.29 is 22.6 Å². The summed E-state index contributed by atoms with van der Waals surface area (Å²) in [6.45, 7) is 3.73. The van der Waals surface area contributed by atoms with E-state index in [1.807, 2.05) is 38.9 Å². The Morgan fingerprint density at radius 2 is 1.68 bits per heavy atom. The standard InChI is InChI=1S/C18H19F3N2O2/c1-12-9-17(13(2)8-16(12)22-11-23(3)4)24-14-6-5-7-15(10-14)25-18(19,20)21/h5-11H,1-4H3/b22-11+. The molecule has 7 heteroatoms. The largest absolute Gasteiger partial charge is 0.573 e. The van der Waals surface area contributed by atoms with Crippen LogP contribution in [0.1, 0.15) is 11.1 Å². The van der Waals surface area contributed by atoms with Gasteiger partial charge in [-0.1, -0.05) is 6.07 Å². The molecule has 0 aliphatic heterocycles. The average Bonchev–Trinajstić information content (AvgIpc) is 2.47. The second-order valence-electron chi connectivity index (χ2n) is 5.74. The molecule has 0 spiro atoms. The fraction of sp³-hybridized carbons (Fsp3) is 0.278. The van der Waals surface area contributed by atoms with E-state index in [0.29, 0.717) is 5.75 Å². The molecule has 0 amide bonds. The molecule has 2 aromatic carbocycles. The fourth-order valence-electron chi connectivity index (χ4n) is 2.06. The molecule has 25 heavy (non-hydrogen) atoms. The molecule has 0 saturated heterocycles. The first kappa shape index (κ1) is 18.6. The summed E-state index contributed by atoms with van der Waals surface area (Å²) in [6, 6.07) is 9.08. The Hall–Kier alpha value is -2.70. The number of nitrogens with zero attached hydrogens (tertiary/aromatic N) is 2. The molecule has 0 fully saturated rings. The SMILES string of the molecule is Cc1cc(Oc2cccc(OC(F)(F)F)c2)c(C)cc1/N=C/N(C)C. The van der Waals surface area contributed by atoms with Gasteiger partial charge in [-0.05, 0) is 49.2 Å². The van der Waals surface area contributed by atoms with Crippen LogP contribution in [0.2, 0.25) is 0 Å². The van der Waals surface area contributed by atoms with Crippen LogP contribution in [-0.2, 0) is 0 Å². The summed E-state index contributed by atoms with van der Waals surface area (Å²) >= 11 is 0. The number of benzene rings is 2. The van der Waals surface area contributed by atoms with Crippen LogP contribution >= 0.6 is 0 Å². The summed E-state index contributed by atoms with van der Waals surface area (Å²) in [5.41, 5.74) is 2.51. The second kappa shape index (κ2) is 7.46. The predicted octanol–water partition coefficient (Wildman–Crippen LogP) is 5.22. The average molecular weight is 352 g/mol. The van der Waals surface area contributed by atoms with Crippen LogP contribution in [0.4, 0.5) is 18.9 Å². The third-order valence-electron chi connectivity index (χ3n) is 3.19. The highest BCUT2D eigenvalue weighted by molar-refractivity contribution is 5.64. The highest BCUT2D eigenvalue weighted by atomic mass is 19.4. The Balaban J connectivity index is 2.23. The van der Waals surface area contributed by atoms with Crippen molar-refractivity contribution in [3.63, 3.8) is 0 Å². The first-order chi connectivity index (χ1) is 11.6. The van der Waals surface area contributed by atoms with Crippen molar-refractivity contribution in [1.29, 1.82) is 0 Å². The number of rotatable bonds is 5. The molecule has 0 bridgehead atoms. The minimum absolute atomic E-state index is 0.258. The second-order valence-corrected chi connectivity index (χ2v) is 5.74. The Labute approximate surface area is 144 Å². The van der Waals surface area contributed by atoms with Crippen molar-refractivity contribution in [1.82, 2.24) is 4.90 Å². The molecule has 0 atom stereocenters. The number of hydrogen-bond donors (Lipinski definition) is 0. The van der Waals surface area contributed by atoms with Gasteiger partial charge in [0.2, 0.25) is 0 Å². The molecule has 0 N–H and O–H groups in total. The van der Waals surface area contributed by atoms with Gasteiger partial charge in [-0.2, -0.15) is 0 Å². The van der Waals surface area contributed by atoms with Crippen LogP contribution in [0.5, 0.6) is 17.2 Å². The number of halogens is 3. The van der Waals surface area contributed by atoms with Gasteiger partial charge in [-0.15, -0.1) is 13.2 Å². The van der Waals surface area contributed by atoms with Gasteiger partial charge in [0, 0.05) is 20.2 Å². The minimum Gasteiger partial charge on any atom is -0.457 e. The highest BCUT2D eigenvalue weighted by Gasteiger charge is 2.31. The molecule has 0 radical (unpaired) electrons. The zero-order valence-electron chi connectivity index (χ0n) is 14.4. The lowest BCUT2D eigenvalue weighted by Gasteiger charge is -2.13. The maximum Gasteiger partial charge on any atom is 0.573 e. The fourth-order valence-corrected chi connectivity index (χ4v) is 2.06. The summed E-state index contributed by atoms with van der Waals surface area (Å²) in [5.74, 6) is 0.478. The molecule has 0 aromatic heterocycles. The van der Waals surface area contributed by atoms with Crippen LogP contribution in [0, 0.1) is 13.8 Å². The monoisotopic (exact) mass is 352 g/mol. The number of ether oxygens (including phenoxy) is 2. The molecule has 0 heterocycles. The van der Waals surface area contributed by atoms with E-state index in [1.54, 1.807) is 18.5 Å². The van der Waals surface area contributed by atoms with Gasteiger partial charge in [-0.25, -0.2) is 4.99 Å². The summed E-state index contributed by atoms with van der Waals surface area (Å²) in [6.07, 6.45) is -3.04. The Morgan fingerprint density at radius 1 is 1.00 bits per heavy atom. The molecule has 2 aromatic rings. The lowest BCUT2D eigenvalue weighted by molar-refractivity contribution is -0.274. The van der Waals surface area contributed by atoms with Crippen molar-refractivity contribution in [3.05, 3.63) is 47.5 Å². The van der Waals surface area contributed by atoms with E-state index in [1.165, 1.54) is 18.2 Å². The molecule has 2 rings (SSSR count). The number of alkyl halides is 3. The van der Waals surface area contributed by atoms with Crippen LogP contribution in [0.15, 0.2) is 41.4 Å². The topological polar surface area (TPSA) is 34.1 Å². The molecular weight excluding hydrogens is 333 g/mol. The smallest absolute Gasteiger partial charge is 0.457 e. The quantitative estimate of drug-likeness (QED) is 0.547. The van der Waals surface area contributed by atoms with Crippen LogP contribution in [0.3, 0.4) is 0 Å². The van der Waals surface area contributed by atoms with E-state index >= 15 is 0 Å². The lowest BCUT2D eigenvalue weighted by Crippen LogP contribution is -2.17. The molecule has 0 unspecified atom stereocenters. The number of aryl methyl sites for hydroxylation is 2. The van der Waals surface area contributed by atoms with Gasteiger partial charge in [0.05, 0.1) is 12.0 Å². The van der Waals surface area contributed by atoms with Crippen LogP contribution < -0.4 is 9.47 Å². The summed E-state index contributed by atoms with van der Waals surface area (Å²) < 4.78 is 46.6. The normalized spacial score (nSPS) is 11.6. The third-order valence-corrected chi connectivity index (χ3v) is 3.19. The Morgan fingerprint density at radius 3 is 2.32 bits per heavy atom. The van der Waals surface area contributed by atoms with Crippen molar-refractivity contribution in [2.75, 3.05) is 14.1 Å². The van der Waals surface area contributed by atoms with Gasteiger partial charge in [0.1, 0.15) is 17.2 Å². The van der Waals surface area contributed by atoms with E-state index in [2.05, 4.69) is 9.73 Å². The predicted molar refractivity (Wildman–Crippen MR) is 91.0 cm³/mol. The van der Waals surface area contributed by atoms with Crippen molar-refractivity contribution in [2.45, 2.75) is 20.2 Å². The molecule has 0 aliphatic carbocycles. The van der Waals surface area contributed by atoms with Crippen LogP contribution in [0.25, 0.3) is 0 Å². The first-order valence-electron chi connectivity index (χ1n) is 7.49. The van der Waals surface area contributed by atoms with Crippen LogP contribution in [-0.4, -0.2) is 31.7 Å². The molecule has 4 nitrogen and oxygen atoms in total. The Bertz CT molecular complexity index is 771. The highest BCUT2D eigenvalue weighted by Crippen LogP contribution is 2.33. The van der Waals surface area contributed by atoms with Crippen molar-refractivity contribution in [2.24, 2.45) is 4.99 Å². The molecular formula is C18H19F3N2O2. The van der Waals surface area contributed by atoms with Crippen molar-refractivity contribution in [3.8, 4) is 17.2 Å². The van der Waals surface area contributed by atoms with E-state index in [0.717, 1.165) is 16.8 Å². The zero-order chi connectivity index (χ0) is 18.6. The Kier molecular flexibility index (Phi) is 5.56. The summed E-state index contributed by atoms with van der Waals surface area (Å²) in [7, 11) is 3.75. The van der Waals surface area contributed by atoms with Gasteiger partial charge in [0.25, 0.3) is 0 Å². The van der Waals surface area contributed by atoms with Crippen molar-refractivity contribution >= 4 is 12.0 Å². The molecule has 134 valence electrons. The molecule has 0 saturated carbocycles. The summed E-state index contributed by atoms with van der Waals surface area (Å²) in [5, 5.41) is 0. The maximum absolute atomic E-state index is 12.3. The molecule has 0 aliphatic rings. The zero-order valence-corrected chi connectivity index (χ0v) is 14.4. The minimum atomic E-state index is -4.74. The number of hydrogen-bond acceptors (Lipinski definition) is 3. The van der Waals surface area contributed by atoms with Gasteiger partial charge < -0.3 is 14.4 Å². The lowest BCUT2D eigenvalue weighted by atomic mass is 10.1. The van der Waals surface area contributed by atoms with Gasteiger partial charge >= 0.3 is 6.36 Å². The first-order valence-corrected chi connectivity index (χ1v) is 7.49. The third kappa shape index (κ3) is 5.70. The maximum atomic E-state index is 12.3. The number of aliphatic imine (C=N–C) groups is 1. The van der Waals surface area contributed by atoms with E-state index in [9.17, 15) is 13.2 Å².